The molecular weight excluding hydrogens is 340 g/mol. The summed E-state index contributed by atoms with van der Waals surface area (Å²) in [7, 11) is 0. The number of nitrogens with zero attached hydrogens (tertiary/aromatic N) is 4. The normalized spacial score (nSPS) is 14.4. The fourth-order valence-corrected chi connectivity index (χ4v) is 3.31. The molecule has 1 saturated heterocycles. The summed E-state index contributed by atoms with van der Waals surface area (Å²) in [5.74, 6) is 1.63. The molecular formula is C21H22N4O2. The largest absolute Gasteiger partial charge is 0.494 e. The summed E-state index contributed by atoms with van der Waals surface area (Å²) in [6.45, 7) is 5.32. The van der Waals surface area contributed by atoms with Crippen molar-refractivity contribution >= 4 is 22.8 Å². The second-order valence-corrected chi connectivity index (χ2v) is 6.46. The average molecular weight is 362 g/mol. The van der Waals surface area contributed by atoms with Gasteiger partial charge in [0.25, 0.3) is 5.91 Å². The first-order chi connectivity index (χ1) is 13.2. The third-order valence-corrected chi connectivity index (χ3v) is 4.72. The number of aromatic nitrogens is 2. The van der Waals surface area contributed by atoms with Gasteiger partial charge in [0.1, 0.15) is 11.6 Å². The monoisotopic (exact) mass is 362 g/mol. The SMILES string of the molecule is CCOc1cccc(C(=O)N2CCN(c3cnc4ccccc4n3)CC2)c1. The van der Waals surface area contributed by atoms with Crippen molar-refractivity contribution in [1.29, 1.82) is 0 Å². The Hall–Kier alpha value is -3.15. The van der Waals surface area contributed by atoms with Gasteiger partial charge in [-0.15, -0.1) is 0 Å². The van der Waals surface area contributed by atoms with E-state index in [0.29, 0.717) is 25.3 Å². The molecule has 6 nitrogen and oxygen atoms in total. The maximum absolute atomic E-state index is 12.8. The van der Waals surface area contributed by atoms with E-state index in [2.05, 4.69) is 9.88 Å². The van der Waals surface area contributed by atoms with Gasteiger partial charge in [-0.25, -0.2) is 4.98 Å². The molecule has 27 heavy (non-hydrogen) atoms. The zero-order valence-corrected chi connectivity index (χ0v) is 15.3. The number of rotatable bonds is 4. The van der Waals surface area contributed by atoms with E-state index in [4.69, 9.17) is 9.72 Å². The Kier molecular flexibility index (Phi) is 4.87. The number of hydrogen-bond acceptors (Lipinski definition) is 5. The summed E-state index contributed by atoms with van der Waals surface area (Å²) in [6, 6.07) is 15.2. The molecule has 0 atom stereocenters. The van der Waals surface area contributed by atoms with Gasteiger partial charge in [0.05, 0.1) is 23.8 Å². The Bertz CT molecular complexity index is 952. The number of carbonyl (C=O) groups excluding carboxylic acids is 1. The van der Waals surface area contributed by atoms with Crippen LogP contribution in [0.5, 0.6) is 5.75 Å². The first-order valence-electron chi connectivity index (χ1n) is 9.23. The number of benzene rings is 2. The zero-order chi connectivity index (χ0) is 18.6. The first-order valence-corrected chi connectivity index (χ1v) is 9.23. The third-order valence-electron chi connectivity index (χ3n) is 4.72. The molecule has 0 radical (unpaired) electrons. The van der Waals surface area contributed by atoms with Crippen LogP contribution in [0.3, 0.4) is 0 Å². The minimum Gasteiger partial charge on any atom is -0.494 e. The van der Waals surface area contributed by atoms with Crippen molar-refractivity contribution in [2.75, 3.05) is 37.7 Å². The Morgan fingerprint density at radius 3 is 2.59 bits per heavy atom. The third kappa shape index (κ3) is 3.69. The van der Waals surface area contributed by atoms with Crippen LogP contribution in [0.1, 0.15) is 17.3 Å². The van der Waals surface area contributed by atoms with E-state index in [1.165, 1.54) is 0 Å². The number of para-hydroxylation sites is 2. The minimum atomic E-state index is 0.0424. The molecule has 1 fully saturated rings. The number of fused-ring (bicyclic) bond motifs is 1. The lowest BCUT2D eigenvalue weighted by molar-refractivity contribution is 0.0746. The maximum atomic E-state index is 12.8. The molecule has 138 valence electrons. The predicted molar refractivity (Wildman–Crippen MR) is 105 cm³/mol. The van der Waals surface area contributed by atoms with Gasteiger partial charge in [-0.2, -0.15) is 0 Å². The van der Waals surface area contributed by atoms with Gasteiger partial charge in [0.2, 0.25) is 0 Å². The lowest BCUT2D eigenvalue weighted by Gasteiger charge is -2.35. The van der Waals surface area contributed by atoms with Crippen LogP contribution in [-0.2, 0) is 0 Å². The van der Waals surface area contributed by atoms with Crippen LogP contribution < -0.4 is 9.64 Å². The molecule has 3 aromatic rings. The van der Waals surface area contributed by atoms with Crippen LogP contribution in [0.15, 0.2) is 54.7 Å². The predicted octanol–water partition coefficient (Wildman–Crippen LogP) is 2.99. The van der Waals surface area contributed by atoms with E-state index >= 15 is 0 Å². The molecule has 0 aliphatic carbocycles. The topological polar surface area (TPSA) is 58.6 Å². The van der Waals surface area contributed by atoms with E-state index in [9.17, 15) is 4.79 Å². The summed E-state index contributed by atoms with van der Waals surface area (Å²) in [6.07, 6.45) is 1.81. The standard InChI is InChI=1S/C21H22N4O2/c1-2-27-17-7-5-6-16(14-17)21(26)25-12-10-24(11-13-25)20-15-22-18-8-3-4-9-19(18)23-20/h3-9,14-15H,2,10-13H2,1H3. The van der Waals surface area contributed by atoms with Crippen LogP contribution in [0.2, 0.25) is 0 Å². The van der Waals surface area contributed by atoms with Crippen molar-refractivity contribution in [3.63, 3.8) is 0 Å². The van der Waals surface area contributed by atoms with Gasteiger partial charge in [-0.05, 0) is 37.3 Å². The highest BCUT2D eigenvalue weighted by molar-refractivity contribution is 5.94. The molecule has 0 bridgehead atoms. The maximum Gasteiger partial charge on any atom is 0.254 e. The van der Waals surface area contributed by atoms with Gasteiger partial charge in [0, 0.05) is 31.7 Å². The van der Waals surface area contributed by atoms with E-state index in [0.717, 1.165) is 35.7 Å². The van der Waals surface area contributed by atoms with E-state index in [-0.39, 0.29) is 5.91 Å². The van der Waals surface area contributed by atoms with Crippen molar-refractivity contribution in [2.45, 2.75) is 6.92 Å². The summed E-state index contributed by atoms with van der Waals surface area (Å²) in [5.41, 5.74) is 2.45. The number of anilines is 1. The second kappa shape index (κ2) is 7.61. The van der Waals surface area contributed by atoms with Crippen LogP contribution in [0, 0.1) is 0 Å². The van der Waals surface area contributed by atoms with Crippen molar-refractivity contribution in [1.82, 2.24) is 14.9 Å². The first kappa shape index (κ1) is 17.3. The Balaban J connectivity index is 1.43. The highest BCUT2D eigenvalue weighted by Crippen LogP contribution is 2.19. The molecule has 0 saturated carbocycles. The lowest BCUT2D eigenvalue weighted by atomic mass is 10.1. The molecule has 1 amide bonds. The molecule has 0 N–H and O–H groups in total. The highest BCUT2D eigenvalue weighted by Gasteiger charge is 2.23. The fraction of sp³-hybridized carbons (Fsp3) is 0.286. The van der Waals surface area contributed by atoms with Crippen LogP contribution in [0.4, 0.5) is 5.82 Å². The van der Waals surface area contributed by atoms with Crippen LogP contribution in [0.25, 0.3) is 11.0 Å². The molecule has 1 aliphatic heterocycles. The van der Waals surface area contributed by atoms with Crippen LogP contribution in [-0.4, -0.2) is 53.6 Å². The van der Waals surface area contributed by atoms with E-state index in [1.54, 1.807) is 0 Å². The zero-order valence-electron chi connectivity index (χ0n) is 15.3. The molecule has 0 spiro atoms. The van der Waals surface area contributed by atoms with Crippen molar-refractivity contribution in [3.8, 4) is 5.75 Å². The van der Waals surface area contributed by atoms with E-state index < -0.39 is 0 Å². The summed E-state index contributed by atoms with van der Waals surface area (Å²) < 4.78 is 5.50. The molecule has 6 heteroatoms. The van der Waals surface area contributed by atoms with Gasteiger partial charge in [-0.3, -0.25) is 9.78 Å². The Morgan fingerprint density at radius 1 is 1.04 bits per heavy atom. The Morgan fingerprint density at radius 2 is 1.81 bits per heavy atom. The summed E-state index contributed by atoms with van der Waals surface area (Å²) >= 11 is 0. The molecule has 4 rings (SSSR count). The average Bonchev–Trinajstić information content (AvgIpc) is 2.73. The Labute approximate surface area is 158 Å². The minimum absolute atomic E-state index is 0.0424. The molecule has 1 aliphatic rings. The quantitative estimate of drug-likeness (QED) is 0.714. The van der Waals surface area contributed by atoms with Gasteiger partial charge >= 0.3 is 0 Å². The van der Waals surface area contributed by atoms with E-state index in [1.807, 2.05) is 66.6 Å². The molecule has 1 aromatic heterocycles. The highest BCUT2D eigenvalue weighted by atomic mass is 16.5. The number of piperazine rings is 1. The van der Waals surface area contributed by atoms with Crippen molar-refractivity contribution < 1.29 is 9.53 Å². The smallest absolute Gasteiger partial charge is 0.254 e. The molecule has 0 unspecified atom stereocenters. The van der Waals surface area contributed by atoms with Crippen molar-refractivity contribution in [2.24, 2.45) is 0 Å². The fourth-order valence-electron chi connectivity index (χ4n) is 3.31. The van der Waals surface area contributed by atoms with Gasteiger partial charge in [-0.1, -0.05) is 18.2 Å². The number of ether oxygens (including phenoxy) is 1. The molecule has 2 heterocycles. The van der Waals surface area contributed by atoms with Gasteiger partial charge < -0.3 is 14.5 Å². The number of amides is 1. The number of carbonyl (C=O) groups is 1. The second-order valence-electron chi connectivity index (χ2n) is 6.46. The van der Waals surface area contributed by atoms with Crippen molar-refractivity contribution in [3.05, 3.63) is 60.3 Å². The lowest BCUT2D eigenvalue weighted by Crippen LogP contribution is -2.49. The van der Waals surface area contributed by atoms with Crippen LogP contribution >= 0.6 is 0 Å². The summed E-state index contributed by atoms with van der Waals surface area (Å²) in [4.78, 5) is 26.1. The number of hydrogen-bond donors (Lipinski definition) is 0. The molecule has 2 aromatic carbocycles. The van der Waals surface area contributed by atoms with Gasteiger partial charge in [0.15, 0.2) is 0 Å². The summed E-state index contributed by atoms with van der Waals surface area (Å²) in [5, 5.41) is 0.